The van der Waals surface area contributed by atoms with Crippen LogP contribution in [0.4, 0.5) is 0 Å². The summed E-state index contributed by atoms with van der Waals surface area (Å²) in [6.07, 6.45) is 0.846. The van der Waals surface area contributed by atoms with Gasteiger partial charge in [0.2, 0.25) is 0 Å². The highest BCUT2D eigenvalue weighted by atomic mass is 32.1. The van der Waals surface area contributed by atoms with E-state index in [4.69, 9.17) is 0 Å². The third kappa shape index (κ3) is 2.14. The molecule has 0 aliphatic carbocycles. The summed E-state index contributed by atoms with van der Waals surface area (Å²) >= 11 is 1.23. The molecule has 1 unspecified atom stereocenters. The molecule has 1 aromatic rings. The van der Waals surface area contributed by atoms with E-state index >= 15 is 0 Å². The molecular weight excluding hydrogens is 184 g/mol. The van der Waals surface area contributed by atoms with Gasteiger partial charge in [-0.15, -0.1) is 11.7 Å². The van der Waals surface area contributed by atoms with Crippen molar-refractivity contribution in [3.63, 3.8) is 0 Å². The quantitative estimate of drug-likeness (QED) is 0.740. The van der Waals surface area contributed by atoms with Gasteiger partial charge in [-0.3, -0.25) is 0 Å². The predicted octanol–water partition coefficient (Wildman–Crippen LogP) is 2.06. The van der Waals surface area contributed by atoms with Gasteiger partial charge in [-0.25, -0.2) is 0 Å². The molecule has 1 aromatic heterocycles. The van der Waals surface area contributed by atoms with E-state index in [1.165, 1.54) is 17.6 Å². The maximum Gasteiger partial charge on any atom is 0.110 e. The zero-order chi connectivity index (χ0) is 10.1. The summed E-state index contributed by atoms with van der Waals surface area (Å²) in [7, 11) is 0. The van der Waals surface area contributed by atoms with Crippen LogP contribution in [0.5, 0.6) is 0 Å². The summed E-state index contributed by atoms with van der Waals surface area (Å²) in [5.74, 6) is 0. The number of aliphatic hydroxyl groups is 1. The average molecular weight is 198 g/mol. The first kappa shape index (κ1) is 10.3. The zero-order valence-corrected chi connectivity index (χ0v) is 8.93. The number of aromatic nitrogens is 2. The molecule has 1 atom stereocenters. The van der Waals surface area contributed by atoms with Crippen LogP contribution in [0.1, 0.15) is 37.4 Å². The number of hydrogen-bond acceptors (Lipinski definition) is 4. The lowest BCUT2D eigenvalue weighted by atomic mass is 9.90. The highest BCUT2D eigenvalue weighted by Gasteiger charge is 2.24. The lowest BCUT2D eigenvalue weighted by Gasteiger charge is -2.17. The monoisotopic (exact) mass is 198 g/mol. The first-order chi connectivity index (χ1) is 5.96. The lowest BCUT2D eigenvalue weighted by Crippen LogP contribution is -2.15. The fourth-order valence-corrected chi connectivity index (χ4v) is 1.87. The first-order valence-electron chi connectivity index (χ1n) is 4.10. The maximum absolute atomic E-state index is 9.57. The van der Waals surface area contributed by atoms with E-state index in [9.17, 15) is 5.11 Å². The molecule has 0 fully saturated rings. The van der Waals surface area contributed by atoms with Crippen molar-refractivity contribution < 1.29 is 5.11 Å². The van der Waals surface area contributed by atoms with Gasteiger partial charge in [-0.05, 0) is 11.5 Å². The molecule has 1 rings (SSSR count). The predicted molar refractivity (Wildman–Crippen MR) is 53.8 cm³/mol. The summed E-state index contributed by atoms with van der Waals surface area (Å²) in [5.41, 5.74) is 0.775. The van der Waals surface area contributed by atoms with Gasteiger partial charge >= 0.3 is 0 Å². The SMILES string of the molecule is C=CC(O)c1snnc1C(C)(C)C. The Morgan fingerprint density at radius 1 is 1.54 bits per heavy atom. The Labute approximate surface area is 82.3 Å². The molecule has 0 aromatic carbocycles. The summed E-state index contributed by atoms with van der Waals surface area (Å²) in [6, 6.07) is 0. The van der Waals surface area contributed by atoms with Crippen molar-refractivity contribution in [2.75, 3.05) is 0 Å². The van der Waals surface area contributed by atoms with Gasteiger partial charge in [-0.2, -0.15) is 0 Å². The van der Waals surface area contributed by atoms with Crippen molar-refractivity contribution in [2.24, 2.45) is 0 Å². The lowest BCUT2D eigenvalue weighted by molar-refractivity contribution is 0.230. The minimum atomic E-state index is -0.644. The van der Waals surface area contributed by atoms with Gasteiger partial charge in [0.15, 0.2) is 0 Å². The fraction of sp³-hybridized carbons (Fsp3) is 0.556. The van der Waals surface area contributed by atoms with Gasteiger partial charge in [-0.1, -0.05) is 31.3 Å². The van der Waals surface area contributed by atoms with E-state index < -0.39 is 6.10 Å². The van der Waals surface area contributed by atoms with E-state index in [-0.39, 0.29) is 5.41 Å². The zero-order valence-electron chi connectivity index (χ0n) is 8.11. The van der Waals surface area contributed by atoms with Crippen LogP contribution in [0.25, 0.3) is 0 Å². The number of rotatable bonds is 2. The fourth-order valence-electron chi connectivity index (χ4n) is 1.02. The van der Waals surface area contributed by atoms with Crippen LogP contribution in [0, 0.1) is 0 Å². The molecule has 0 radical (unpaired) electrons. The number of hydrogen-bond donors (Lipinski definition) is 1. The van der Waals surface area contributed by atoms with E-state index in [0.717, 1.165) is 10.6 Å². The molecule has 0 saturated carbocycles. The third-order valence-corrected chi connectivity index (χ3v) is 2.51. The van der Waals surface area contributed by atoms with E-state index in [1.54, 1.807) is 0 Å². The van der Waals surface area contributed by atoms with Gasteiger partial charge in [0.1, 0.15) is 6.10 Å². The molecule has 0 spiro atoms. The topological polar surface area (TPSA) is 46.0 Å². The Morgan fingerprint density at radius 2 is 2.15 bits per heavy atom. The Hall–Kier alpha value is -0.740. The van der Waals surface area contributed by atoms with E-state index in [1.807, 2.05) is 20.8 Å². The maximum atomic E-state index is 9.57. The summed E-state index contributed by atoms with van der Waals surface area (Å²) in [4.78, 5) is 0.794. The second-order valence-electron chi connectivity index (χ2n) is 3.92. The van der Waals surface area contributed by atoms with Gasteiger partial charge in [0.05, 0.1) is 10.6 Å². The number of aliphatic hydroxyl groups excluding tert-OH is 1. The Balaban J connectivity index is 3.10. The molecule has 13 heavy (non-hydrogen) atoms. The minimum absolute atomic E-state index is 0.0771. The highest BCUT2D eigenvalue weighted by molar-refractivity contribution is 7.05. The van der Waals surface area contributed by atoms with Crippen molar-refractivity contribution in [2.45, 2.75) is 32.3 Å². The van der Waals surface area contributed by atoms with Crippen LogP contribution in [-0.2, 0) is 5.41 Å². The molecule has 0 bridgehead atoms. The van der Waals surface area contributed by atoms with Gasteiger partial charge < -0.3 is 5.11 Å². The minimum Gasteiger partial charge on any atom is -0.383 e. The summed E-state index contributed by atoms with van der Waals surface area (Å²) in [5, 5.41) is 13.6. The van der Waals surface area contributed by atoms with Crippen molar-refractivity contribution in [3.8, 4) is 0 Å². The van der Waals surface area contributed by atoms with Crippen LogP contribution in [0.15, 0.2) is 12.7 Å². The molecule has 1 heterocycles. The van der Waals surface area contributed by atoms with Crippen molar-refractivity contribution in [3.05, 3.63) is 23.2 Å². The largest absolute Gasteiger partial charge is 0.383 e. The molecule has 0 amide bonds. The Morgan fingerprint density at radius 3 is 2.62 bits per heavy atom. The standard InChI is InChI=1S/C9H14N2OS/c1-5-6(12)7-8(9(2,3)4)10-11-13-7/h5-6,12H,1H2,2-4H3. The molecule has 1 N–H and O–H groups in total. The summed E-state index contributed by atoms with van der Waals surface area (Å²) < 4.78 is 3.84. The first-order valence-corrected chi connectivity index (χ1v) is 4.87. The smallest absolute Gasteiger partial charge is 0.110 e. The van der Waals surface area contributed by atoms with Crippen LogP contribution >= 0.6 is 11.5 Å². The Bertz CT molecular complexity index is 301. The average Bonchev–Trinajstić information content (AvgIpc) is 2.49. The van der Waals surface area contributed by atoms with Gasteiger partial charge in [0, 0.05) is 5.41 Å². The molecule has 4 heteroatoms. The molecule has 0 saturated heterocycles. The van der Waals surface area contributed by atoms with Crippen molar-refractivity contribution in [1.29, 1.82) is 0 Å². The third-order valence-electron chi connectivity index (χ3n) is 1.72. The second-order valence-corrected chi connectivity index (χ2v) is 4.70. The van der Waals surface area contributed by atoms with Crippen LogP contribution in [0.3, 0.4) is 0 Å². The second kappa shape index (κ2) is 3.55. The molecule has 0 aliphatic heterocycles. The van der Waals surface area contributed by atoms with Crippen molar-refractivity contribution >= 4 is 11.5 Å². The highest BCUT2D eigenvalue weighted by Crippen LogP contribution is 2.30. The molecule has 0 aliphatic rings. The molecular formula is C9H14N2OS. The van der Waals surface area contributed by atoms with Crippen LogP contribution in [-0.4, -0.2) is 14.7 Å². The van der Waals surface area contributed by atoms with Crippen molar-refractivity contribution in [1.82, 2.24) is 9.59 Å². The summed E-state index contributed by atoms with van der Waals surface area (Å²) in [6.45, 7) is 9.67. The Kier molecular flexibility index (Phi) is 2.83. The van der Waals surface area contributed by atoms with Crippen LogP contribution in [0.2, 0.25) is 0 Å². The molecule has 72 valence electrons. The van der Waals surface area contributed by atoms with E-state index in [0.29, 0.717) is 0 Å². The van der Waals surface area contributed by atoms with E-state index in [2.05, 4.69) is 16.2 Å². The van der Waals surface area contributed by atoms with Gasteiger partial charge in [0.25, 0.3) is 0 Å². The number of nitrogens with zero attached hydrogens (tertiary/aromatic N) is 2. The normalized spacial score (nSPS) is 14.2. The van der Waals surface area contributed by atoms with Crippen LogP contribution < -0.4 is 0 Å². The molecule has 3 nitrogen and oxygen atoms in total.